The van der Waals surface area contributed by atoms with Crippen LogP contribution < -0.4 is 10.6 Å². The minimum absolute atomic E-state index is 0.120. The minimum atomic E-state index is 0.120. The summed E-state index contributed by atoms with van der Waals surface area (Å²) in [5, 5.41) is 6.25. The molecule has 0 aliphatic rings. The van der Waals surface area contributed by atoms with Gasteiger partial charge in [0.15, 0.2) is 0 Å². The van der Waals surface area contributed by atoms with E-state index >= 15 is 0 Å². The van der Waals surface area contributed by atoms with Crippen molar-refractivity contribution in [3.63, 3.8) is 0 Å². The number of carbonyl (C=O) groups is 1. The Hall–Kier alpha value is -0.610. The second-order valence-electron chi connectivity index (χ2n) is 4.34. The zero-order valence-electron chi connectivity index (χ0n) is 11.0. The van der Waals surface area contributed by atoms with Gasteiger partial charge in [-0.2, -0.15) is 0 Å². The summed E-state index contributed by atoms with van der Waals surface area (Å²) in [4.78, 5) is 11.5. The highest BCUT2D eigenvalue weighted by Gasteiger charge is 2.09. The van der Waals surface area contributed by atoms with Crippen LogP contribution in [0.1, 0.15) is 40.0 Å². The Morgan fingerprint density at radius 2 is 2.06 bits per heavy atom. The van der Waals surface area contributed by atoms with Gasteiger partial charge in [-0.15, -0.1) is 0 Å². The normalized spacial score (nSPS) is 12.8. The smallest absolute Gasteiger partial charge is 0.220 e. The van der Waals surface area contributed by atoms with Crippen molar-refractivity contribution in [2.45, 2.75) is 52.1 Å². The van der Waals surface area contributed by atoms with Gasteiger partial charge in [0.05, 0.1) is 12.6 Å². The lowest BCUT2D eigenvalue weighted by Crippen LogP contribution is -2.37. The minimum Gasteiger partial charge on any atom is -0.383 e. The molecule has 0 aliphatic carbocycles. The van der Waals surface area contributed by atoms with E-state index in [9.17, 15) is 4.79 Å². The van der Waals surface area contributed by atoms with Crippen LogP contribution in [0.25, 0.3) is 0 Å². The molecular weight excluding hydrogens is 204 g/mol. The predicted octanol–water partition coefficient (Wildman–Crippen LogP) is 1.31. The summed E-state index contributed by atoms with van der Waals surface area (Å²) < 4.78 is 5.03. The highest BCUT2D eigenvalue weighted by molar-refractivity contribution is 5.76. The number of nitrogens with one attached hydrogen (secondary N) is 2. The quantitative estimate of drug-likeness (QED) is 0.587. The van der Waals surface area contributed by atoms with E-state index in [2.05, 4.69) is 24.5 Å². The fourth-order valence-corrected chi connectivity index (χ4v) is 1.40. The molecule has 2 N–H and O–H groups in total. The van der Waals surface area contributed by atoms with Gasteiger partial charge in [0, 0.05) is 19.6 Å². The third kappa shape index (κ3) is 8.68. The van der Waals surface area contributed by atoms with Gasteiger partial charge >= 0.3 is 0 Å². The highest BCUT2D eigenvalue weighted by Crippen LogP contribution is 1.95. The second kappa shape index (κ2) is 9.60. The van der Waals surface area contributed by atoms with E-state index in [1.165, 1.54) is 0 Å². The number of amides is 1. The Bertz CT molecular complexity index is 184. The largest absolute Gasteiger partial charge is 0.383 e. The molecule has 0 aromatic carbocycles. The van der Waals surface area contributed by atoms with Gasteiger partial charge in [-0.25, -0.2) is 0 Å². The topological polar surface area (TPSA) is 50.4 Å². The molecule has 0 saturated heterocycles. The lowest BCUT2D eigenvalue weighted by molar-refractivity contribution is -0.122. The molecule has 4 nitrogen and oxygen atoms in total. The number of hydrogen-bond acceptors (Lipinski definition) is 3. The number of carbonyl (C=O) groups excluding carboxylic acids is 1. The number of methoxy groups -OCH3 is 1. The zero-order chi connectivity index (χ0) is 12.4. The van der Waals surface area contributed by atoms with Crippen LogP contribution in [0.15, 0.2) is 0 Å². The molecule has 1 unspecified atom stereocenters. The average molecular weight is 230 g/mol. The first-order valence-corrected chi connectivity index (χ1v) is 6.11. The van der Waals surface area contributed by atoms with Gasteiger partial charge in [-0.05, 0) is 19.4 Å². The van der Waals surface area contributed by atoms with Crippen LogP contribution in [0, 0.1) is 0 Å². The summed E-state index contributed by atoms with van der Waals surface area (Å²) in [5.74, 6) is 0.120. The van der Waals surface area contributed by atoms with Gasteiger partial charge in [0.2, 0.25) is 5.91 Å². The van der Waals surface area contributed by atoms with E-state index in [4.69, 9.17) is 4.74 Å². The molecule has 0 fully saturated rings. The van der Waals surface area contributed by atoms with Crippen LogP contribution in [0.5, 0.6) is 0 Å². The Morgan fingerprint density at radius 1 is 1.38 bits per heavy atom. The summed E-state index contributed by atoms with van der Waals surface area (Å²) in [7, 11) is 1.65. The Kier molecular flexibility index (Phi) is 9.24. The maximum Gasteiger partial charge on any atom is 0.220 e. The molecule has 0 spiro atoms. The van der Waals surface area contributed by atoms with E-state index in [1.807, 2.05) is 6.92 Å². The maximum absolute atomic E-state index is 11.5. The first kappa shape index (κ1) is 15.4. The summed E-state index contributed by atoms with van der Waals surface area (Å²) in [5.41, 5.74) is 0. The van der Waals surface area contributed by atoms with Crippen LogP contribution in [0.2, 0.25) is 0 Å². The maximum atomic E-state index is 11.5. The van der Waals surface area contributed by atoms with Crippen molar-refractivity contribution >= 4 is 5.91 Å². The molecule has 0 radical (unpaired) electrons. The van der Waals surface area contributed by atoms with Crippen molar-refractivity contribution in [2.24, 2.45) is 0 Å². The van der Waals surface area contributed by atoms with Crippen molar-refractivity contribution in [1.29, 1.82) is 0 Å². The molecule has 0 heterocycles. The fourth-order valence-electron chi connectivity index (χ4n) is 1.40. The van der Waals surface area contributed by atoms with Crippen LogP contribution in [0.4, 0.5) is 0 Å². The fraction of sp³-hybridized carbons (Fsp3) is 0.917. The summed E-state index contributed by atoms with van der Waals surface area (Å²) in [6, 6.07) is 0.635. The van der Waals surface area contributed by atoms with Gasteiger partial charge in [0.25, 0.3) is 0 Å². The Morgan fingerprint density at radius 3 is 2.56 bits per heavy atom. The molecule has 16 heavy (non-hydrogen) atoms. The zero-order valence-corrected chi connectivity index (χ0v) is 11.0. The van der Waals surface area contributed by atoms with Crippen molar-refractivity contribution < 1.29 is 9.53 Å². The first-order valence-electron chi connectivity index (χ1n) is 6.11. The SMILES string of the molecule is CCC(COC)NC(=O)CCCNC(C)C. The lowest BCUT2D eigenvalue weighted by Gasteiger charge is -2.16. The van der Waals surface area contributed by atoms with Gasteiger partial charge in [0.1, 0.15) is 0 Å². The third-order valence-corrected chi connectivity index (χ3v) is 2.36. The second-order valence-corrected chi connectivity index (χ2v) is 4.34. The van der Waals surface area contributed by atoms with Gasteiger partial charge in [-0.3, -0.25) is 4.79 Å². The Balaban J connectivity index is 3.56. The summed E-state index contributed by atoms with van der Waals surface area (Å²) >= 11 is 0. The van der Waals surface area contributed by atoms with E-state index in [1.54, 1.807) is 7.11 Å². The lowest BCUT2D eigenvalue weighted by atomic mass is 10.2. The van der Waals surface area contributed by atoms with Crippen LogP contribution >= 0.6 is 0 Å². The van der Waals surface area contributed by atoms with Crippen molar-refractivity contribution in [1.82, 2.24) is 10.6 Å². The van der Waals surface area contributed by atoms with Crippen molar-refractivity contribution in [3.8, 4) is 0 Å². The molecule has 0 rings (SSSR count). The molecule has 4 heteroatoms. The van der Waals surface area contributed by atoms with E-state index in [0.29, 0.717) is 19.1 Å². The predicted molar refractivity (Wildman–Crippen MR) is 66.5 cm³/mol. The summed E-state index contributed by atoms with van der Waals surface area (Å²) in [6.07, 6.45) is 2.37. The molecule has 96 valence electrons. The third-order valence-electron chi connectivity index (χ3n) is 2.36. The number of hydrogen-bond donors (Lipinski definition) is 2. The molecule has 0 saturated carbocycles. The monoisotopic (exact) mass is 230 g/mol. The average Bonchev–Trinajstić information content (AvgIpc) is 2.23. The number of rotatable bonds is 9. The molecule has 1 atom stereocenters. The Labute approximate surface area is 99.1 Å². The standard InChI is InChI=1S/C12H26N2O2/c1-5-11(9-16-4)14-12(15)7-6-8-13-10(2)3/h10-11,13H,5-9H2,1-4H3,(H,14,15). The van der Waals surface area contributed by atoms with Crippen LogP contribution in [-0.4, -0.2) is 38.3 Å². The summed E-state index contributed by atoms with van der Waals surface area (Å²) in [6.45, 7) is 7.74. The van der Waals surface area contributed by atoms with Crippen molar-refractivity contribution in [3.05, 3.63) is 0 Å². The number of ether oxygens (including phenoxy) is 1. The van der Waals surface area contributed by atoms with Gasteiger partial charge in [-0.1, -0.05) is 20.8 Å². The highest BCUT2D eigenvalue weighted by atomic mass is 16.5. The van der Waals surface area contributed by atoms with Crippen LogP contribution in [-0.2, 0) is 9.53 Å². The van der Waals surface area contributed by atoms with E-state index in [-0.39, 0.29) is 11.9 Å². The van der Waals surface area contributed by atoms with E-state index in [0.717, 1.165) is 19.4 Å². The first-order chi connectivity index (χ1) is 7.60. The van der Waals surface area contributed by atoms with Crippen LogP contribution in [0.3, 0.4) is 0 Å². The molecule has 0 aromatic rings. The molecular formula is C12H26N2O2. The molecule has 0 bridgehead atoms. The molecule has 1 amide bonds. The van der Waals surface area contributed by atoms with E-state index < -0.39 is 0 Å². The van der Waals surface area contributed by atoms with Gasteiger partial charge < -0.3 is 15.4 Å². The molecule has 0 aromatic heterocycles. The van der Waals surface area contributed by atoms with Crippen molar-refractivity contribution in [2.75, 3.05) is 20.3 Å². The molecule has 0 aliphatic heterocycles.